The first-order chi connectivity index (χ1) is 8.63. The molecule has 1 heterocycles. The standard InChI is InChI=1S/C13H21N3O2/c1-9-15-11(13(17)18-2)12(14)16(9)8-7-10-5-3-4-6-10/h10H,3-8,14H2,1-2H3. The highest BCUT2D eigenvalue weighted by molar-refractivity contribution is 5.92. The average Bonchev–Trinajstić information content (AvgIpc) is 2.96. The molecule has 5 heteroatoms. The topological polar surface area (TPSA) is 70.1 Å². The minimum atomic E-state index is -0.463. The van der Waals surface area contributed by atoms with E-state index >= 15 is 0 Å². The maximum absolute atomic E-state index is 11.5. The highest BCUT2D eigenvalue weighted by atomic mass is 16.5. The molecule has 0 aliphatic heterocycles. The Bertz CT molecular complexity index is 434. The number of imidazole rings is 1. The fourth-order valence-electron chi connectivity index (χ4n) is 2.72. The molecule has 1 aromatic heterocycles. The number of nitrogens with two attached hydrogens (primary N) is 1. The SMILES string of the molecule is COC(=O)c1nc(C)n(CCC2CCCC2)c1N. The monoisotopic (exact) mass is 251 g/mol. The van der Waals surface area contributed by atoms with Crippen molar-refractivity contribution in [1.29, 1.82) is 0 Å². The van der Waals surface area contributed by atoms with E-state index in [9.17, 15) is 4.79 Å². The molecule has 1 saturated carbocycles. The summed E-state index contributed by atoms with van der Waals surface area (Å²) in [7, 11) is 1.34. The molecule has 0 amide bonds. The Morgan fingerprint density at radius 3 is 2.78 bits per heavy atom. The van der Waals surface area contributed by atoms with Crippen molar-refractivity contribution in [2.45, 2.75) is 45.6 Å². The summed E-state index contributed by atoms with van der Waals surface area (Å²) in [5, 5.41) is 0. The van der Waals surface area contributed by atoms with Crippen LogP contribution >= 0.6 is 0 Å². The van der Waals surface area contributed by atoms with Gasteiger partial charge in [-0.1, -0.05) is 25.7 Å². The summed E-state index contributed by atoms with van der Waals surface area (Å²) in [5.74, 6) is 1.55. The quantitative estimate of drug-likeness (QED) is 0.832. The molecular formula is C13H21N3O2. The smallest absolute Gasteiger partial charge is 0.360 e. The van der Waals surface area contributed by atoms with Crippen molar-refractivity contribution in [3.8, 4) is 0 Å². The lowest BCUT2D eigenvalue weighted by molar-refractivity contribution is 0.0595. The van der Waals surface area contributed by atoms with E-state index in [4.69, 9.17) is 5.73 Å². The van der Waals surface area contributed by atoms with Crippen LogP contribution in [0.2, 0.25) is 0 Å². The number of esters is 1. The number of ether oxygens (including phenoxy) is 1. The molecule has 100 valence electrons. The van der Waals surface area contributed by atoms with E-state index in [0.717, 1.165) is 24.7 Å². The van der Waals surface area contributed by atoms with E-state index in [-0.39, 0.29) is 5.69 Å². The molecule has 0 spiro atoms. The average molecular weight is 251 g/mol. The van der Waals surface area contributed by atoms with E-state index in [1.165, 1.54) is 32.8 Å². The van der Waals surface area contributed by atoms with Gasteiger partial charge in [0, 0.05) is 6.54 Å². The highest BCUT2D eigenvalue weighted by Gasteiger charge is 2.20. The number of nitrogen functional groups attached to an aromatic ring is 1. The summed E-state index contributed by atoms with van der Waals surface area (Å²) in [4.78, 5) is 15.7. The predicted octanol–water partition coefficient (Wildman–Crippen LogP) is 2.14. The number of aryl methyl sites for hydroxylation is 1. The molecule has 5 nitrogen and oxygen atoms in total. The molecule has 2 rings (SSSR count). The van der Waals surface area contributed by atoms with Crippen LogP contribution < -0.4 is 5.73 Å². The minimum absolute atomic E-state index is 0.237. The van der Waals surface area contributed by atoms with Gasteiger partial charge in [-0.2, -0.15) is 0 Å². The Morgan fingerprint density at radius 2 is 2.17 bits per heavy atom. The zero-order valence-corrected chi connectivity index (χ0v) is 11.1. The number of nitrogens with zero attached hydrogens (tertiary/aromatic N) is 2. The summed E-state index contributed by atoms with van der Waals surface area (Å²) in [6.07, 6.45) is 6.43. The Labute approximate surface area is 107 Å². The van der Waals surface area contributed by atoms with Crippen LogP contribution in [0.1, 0.15) is 48.4 Å². The van der Waals surface area contributed by atoms with Gasteiger partial charge in [-0.05, 0) is 19.3 Å². The molecule has 0 unspecified atom stereocenters. The van der Waals surface area contributed by atoms with Crippen molar-refractivity contribution < 1.29 is 9.53 Å². The van der Waals surface area contributed by atoms with E-state index in [1.54, 1.807) is 0 Å². The summed E-state index contributed by atoms with van der Waals surface area (Å²) in [6.45, 7) is 2.71. The van der Waals surface area contributed by atoms with Crippen LogP contribution in [-0.2, 0) is 11.3 Å². The van der Waals surface area contributed by atoms with Crippen molar-refractivity contribution in [3.63, 3.8) is 0 Å². The summed E-state index contributed by atoms with van der Waals surface area (Å²) in [6, 6.07) is 0. The second-order valence-corrected chi connectivity index (χ2v) is 4.98. The maximum Gasteiger partial charge on any atom is 0.360 e. The second kappa shape index (κ2) is 5.42. The van der Waals surface area contributed by atoms with Gasteiger partial charge < -0.3 is 15.0 Å². The second-order valence-electron chi connectivity index (χ2n) is 4.98. The molecule has 2 N–H and O–H groups in total. The van der Waals surface area contributed by atoms with Gasteiger partial charge in [0.05, 0.1) is 7.11 Å². The molecule has 1 fully saturated rings. The molecule has 18 heavy (non-hydrogen) atoms. The number of rotatable bonds is 4. The molecule has 0 atom stereocenters. The normalized spacial score (nSPS) is 16.1. The van der Waals surface area contributed by atoms with Crippen molar-refractivity contribution >= 4 is 11.8 Å². The van der Waals surface area contributed by atoms with Gasteiger partial charge in [0.2, 0.25) is 0 Å². The largest absolute Gasteiger partial charge is 0.464 e. The van der Waals surface area contributed by atoms with Crippen molar-refractivity contribution in [3.05, 3.63) is 11.5 Å². The van der Waals surface area contributed by atoms with Crippen molar-refractivity contribution in [2.24, 2.45) is 5.92 Å². The molecule has 0 bridgehead atoms. The van der Waals surface area contributed by atoms with E-state index in [2.05, 4.69) is 9.72 Å². The van der Waals surface area contributed by atoms with Gasteiger partial charge in [0.25, 0.3) is 0 Å². The van der Waals surface area contributed by atoms with Gasteiger partial charge in [-0.15, -0.1) is 0 Å². The number of hydrogen-bond donors (Lipinski definition) is 1. The van der Waals surface area contributed by atoms with Crippen LogP contribution in [0.25, 0.3) is 0 Å². The zero-order valence-electron chi connectivity index (χ0n) is 11.1. The molecule has 1 aliphatic carbocycles. The first-order valence-corrected chi connectivity index (χ1v) is 6.54. The Kier molecular flexibility index (Phi) is 3.89. The van der Waals surface area contributed by atoms with Gasteiger partial charge >= 0.3 is 5.97 Å². The molecule has 1 aliphatic rings. The minimum Gasteiger partial charge on any atom is -0.464 e. The predicted molar refractivity (Wildman–Crippen MR) is 69.3 cm³/mol. The Morgan fingerprint density at radius 1 is 1.50 bits per heavy atom. The van der Waals surface area contributed by atoms with Crippen molar-refractivity contribution in [1.82, 2.24) is 9.55 Å². The van der Waals surface area contributed by atoms with E-state index in [1.807, 2.05) is 11.5 Å². The maximum atomic E-state index is 11.5. The lowest BCUT2D eigenvalue weighted by Gasteiger charge is -2.11. The summed E-state index contributed by atoms with van der Waals surface area (Å²) in [5.41, 5.74) is 6.20. The summed E-state index contributed by atoms with van der Waals surface area (Å²) < 4.78 is 6.59. The molecular weight excluding hydrogens is 230 g/mol. The van der Waals surface area contributed by atoms with Crippen LogP contribution in [0, 0.1) is 12.8 Å². The van der Waals surface area contributed by atoms with Gasteiger partial charge in [0.15, 0.2) is 5.69 Å². The first kappa shape index (κ1) is 12.9. The molecule has 0 radical (unpaired) electrons. The third-order valence-electron chi connectivity index (χ3n) is 3.81. The Balaban J connectivity index is 2.07. The number of aromatic nitrogens is 2. The lowest BCUT2D eigenvalue weighted by atomic mass is 10.0. The third-order valence-corrected chi connectivity index (χ3v) is 3.81. The van der Waals surface area contributed by atoms with Crippen LogP contribution in [0.3, 0.4) is 0 Å². The Hall–Kier alpha value is -1.52. The molecule has 1 aromatic rings. The fourth-order valence-corrected chi connectivity index (χ4v) is 2.72. The lowest BCUT2D eigenvalue weighted by Crippen LogP contribution is -2.10. The fraction of sp³-hybridized carbons (Fsp3) is 0.692. The summed E-state index contributed by atoms with van der Waals surface area (Å²) >= 11 is 0. The molecule has 0 saturated heterocycles. The van der Waals surface area contributed by atoms with Crippen molar-refractivity contribution in [2.75, 3.05) is 12.8 Å². The zero-order chi connectivity index (χ0) is 13.1. The van der Waals surface area contributed by atoms with Gasteiger partial charge in [-0.25, -0.2) is 9.78 Å². The van der Waals surface area contributed by atoms with Crippen LogP contribution in [0.15, 0.2) is 0 Å². The number of carbonyl (C=O) groups is 1. The number of anilines is 1. The number of carbonyl (C=O) groups excluding carboxylic acids is 1. The van der Waals surface area contributed by atoms with E-state index in [0.29, 0.717) is 5.82 Å². The molecule has 0 aromatic carbocycles. The van der Waals surface area contributed by atoms with Gasteiger partial charge in [-0.3, -0.25) is 0 Å². The highest BCUT2D eigenvalue weighted by Crippen LogP contribution is 2.28. The van der Waals surface area contributed by atoms with Crippen LogP contribution in [0.4, 0.5) is 5.82 Å². The number of methoxy groups -OCH3 is 1. The number of hydrogen-bond acceptors (Lipinski definition) is 4. The van der Waals surface area contributed by atoms with Crippen LogP contribution in [0.5, 0.6) is 0 Å². The van der Waals surface area contributed by atoms with Gasteiger partial charge in [0.1, 0.15) is 11.6 Å². The third kappa shape index (κ3) is 2.49. The van der Waals surface area contributed by atoms with E-state index < -0.39 is 5.97 Å². The van der Waals surface area contributed by atoms with Crippen LogP contribution in [-0.4, -0.2) is 22.6 Å². The first-order valence-electron chi connectivity index (χ1n) is 6.54.